The van der Waals surface area contributed by atoms with Crippen molar-refractivity contribution in [2.45, 2.75) is 70.4 Å². The van der Waals surface area contributed by atoms with Crippen LogP contribution in [0.25, 0.3) is 0 Å². The number of hydrogen-bond acceptors (Lipinski definition) is 5. The summed E-state index contributed by atoms with van der Waals surface area (Å²) in [4.78, 5) is 24.1. The van der Waals surface area contributed by atoms with E-state index in [0.29, 0.717) is 5.95 Å². The average molecular weight is 444 g/mol. The maximum atomic E-state index is 14.1. The lowest BCUT2D eigenvalue weighted by molar-refractivity contribution is 0.0921. The van der Waals surface area contributed by atoms with E-state index in [1.54, 1.807) is 0 Å². The molecule has 1 aromatic heterocycles. The van der Waals surface area contributed by atoms with Crippen LogP contribution in [0.5, 0.6) is 0 Å². The minimum absolute atomic E-state index is 0.0638. The monoisotopic (exact) mass is 443 g/mol. The van der Waals surface area contributed by atoms with Gasteiger partial charge in [0.05, 0.1) is 11.3 Å². The maximum Gasteiger partial charge on any atom is 0.254 e. The average Bonchev–Trinajstić information content (AvgIpc) is 2.78. The maximum absolute atomic E-state index is 14.1. The van der Waals surface area contributed by atoms with Crippen molar-refractivity contribution in [2.75, 3.05) is 24.3 Å². The molecule has 1 aromatic carbocycles. The predicted molar refractivity (Wildman–Crippen MR) is 121 cm³/mol. The Morgan fingerprint density at radius 3 is 2.41 bits per heavy atom. The molecule has 4 rings (SSSR count). The first kappa shape index (κ1) is 22.4. The lowest BCUT2D eigenvalue weighted by atomic mass is 9.91. The van der Waals surface area contributed by atoms with Gasteiger partial charge >= 0.3 is 0 Å². The summed E-state index contributed by atoms with van der Waals surface area (Å²) in [5, 5.41) is 6.34. The van der Waals surface area contributed by atoms with Crippen molar-refractivity contribution in [2.24, 2.45) is 0 Å². The van der Waals surface area contributed by atoms with Crippen LogP contribution in [0.1, 0.15) is 65.7 Å². The summed E-state index contributed by atoms with van der Waals surface area (Å²) in [6.45, 7) is 1.47. The molecule has 2 aliphatic rings. The Morgan fingerprint density at radius 1 is 1.00 bits per heavy atom. The lowest BCUT2D eigenvalue weighted by Gasteiger charge is -2.30. The number of amides is 1. The summed E-state index contributed by atoms with van der Waals surface area (Å²) in [6.07, 6.45) is 7.55. The number of aryl methyl sites for hydroxylation is 2. The Hall–Kier alpha value is -2.77. The zero-order valence-electron chi connectivity index (χ0n) is 19.0. The van der Waals surface area contributed by atoms with Gasteiger partial charge in [-0.2, -0.15) is 4.98 Å². The van der Waals surface area contributed by atoms with Crippen LogP contribution in [0.2, 0.25) is 0 Å². The van der Waals surface area contributed by atoms with E-state index in [-0.39, 0.29) is 23.2 Å². The highest BCUT2D eigenvalue weighted by atomic mass is 19.2. The molecule has 1 heterocycles. The van der Waals surface area contributed by atoms with Crippen molar-refractivity contribution in [3.63, 3.8) is 0 Å². The topological polar surface area (TPSA) is 70.2 Å². The number of fused-ring (bicyclic) bond motifs is 1. The molecule has 0 unspecified atom stereocenters. The van der Waals surface area contributed by atoms with Gasteiger partial charge in [0.2, 0.25) is 5.95 Å². The van der Waals surface area contributed by atoms with Gasteiger partial charge in [-0.15, -0.1) is 0 Å². The summed E-state index contributed by atoms with van der Waals surface area (Å²) in [5.41, 5.74) is 2.35. The quantitative estimate of drug-likeness (QED) is 0.726. The largest absolute Gasteiger partial charge is 0.362 e. The summed E-state index contributed by atoms with van der Waals surface area (Å²) in [5.74, 6) is -0.956. The van der Waals surface area contributed by atoms with Crippen LogP contribution >= 0.6 is 0 Å². The number of hydrogen-bond donors (Lipinski definition) is 2. The predicted octanol–water partition coefficient (Wildman–Crippen LogP) is 4.16. The molecule has 0 atom stereocenters. The van der Waals surface area contributed by atoms with E-state index >= 15 is 0 Å². The molecule has 0 radical (unpaired) electrons. The summed E-state index contributed by atoms with van der Waals surface area (Å²) in [6, 6.07) is 2.92. The fraction of sp³-hybridized carbons (Fsp3) is 0.542. The molecule has 1 fully saturated rings. The van der Waals surface area contributed by atoms with E-state index < -0.39 is 17.5 Å². The van der Waals surface area contributed by atoms with E-state index in [4.69, 9.17) is 9.97 Å². The number of carbonyl (C=O) groups is 1. The number of rotatable bonds is 5. The van der Waals surface area contributed by atoms with Crippen molar-refractivity contribution in [1.29, 1.82) is 0 Å². The van der Waals surface area contributed by atoms with Crippen molar-refractivity contribution < 1.29 is 13.6 Å². The van der Waals surface area contributed by atoms with Gasteiger partial charge in [-0.05, 0) is 69.9 Å². The van der Waals surface area contributed by atoms with Gasteiger partial charge in [-0.1, -0.05) is 6.07 Å². The van der Waals surface area contributed by atoms with E-state index in [2.05, 4.69) is 15.5 Å². The van der Waals surface area contributed by atoms with Crippen LogP contribution in [-0.2, 0) is 12.8 Å². The highest BCUT2D eigenvalue weighted by Crippen LogP contribution is 2.29. The third-order valence-electron chi connectivity index (χ3n) is 6.50. The smallest absolute Gasteiger partial charge is 0.254 e. The molecule has 1 amide bonds. The molecule has 2 aliphatic carbocycles. The van der Waals surface area contributed by atoms with Crippen molar-refractivity contribution in [1.82, 2.24) is 15.3 Å². The van der Waals surface area contributed by atoms with Gasteiger partial charge in [-0.25, -0.2) is 13.8 Å². The van der Waals surface area contributed by atoms with Crippen LogP contribution in [0.3, 0.4) is 0 Å². The van der Waals surface area contributed by atoms with Crippen LogP contribution in [-0.4, -0.2) is 42.1 Å². The Labute approximate surface area is 187 Å². The SMILES string of the molecule is Cc1ccc(C(=O)NC2CCC(Nc3nc4c(c(N(C)C)n3)CCCC4)CC2)c(F)c1F. The number of aromatic nitrogens is 2. The van der Waals surface area contributed by atoms with Crippen molar-refractivity contribution in [3.05, 3.63) is 46.2 Å². The first-order valence-corrected chi connectivity index (χ1v) is 11.4. The van der Waals surface area contributed by atoms with Crippen LogP contribution in [0, 0.1) is 18.6 Å². The number of benzene rings is 1. The summed E-state index contributed by atoms with van der Waals surface area (Å²) in [7, 11) is 4.02. The molecule has 0 aliphatic heterocycles. The highest BCUT2D eigenvalue weighted by Gasteiger charge is 2.26. The standard InChI is InChI=1S/C24H31F2N5O/c1-14-8-13-18(21(26)20(14)25)23(32)27-15-9-11-16(12-10-15)28-24-29-19-7-5-4-6-17(19)22(30-24)31(2)3/h8,13,15-16H,4-7,9-12H2,1-3H3,(H,27,32)(H,28,29,30). The van der Waals surface area contributed by atoms with Crippen LogP contribution in [0.15, 0.2) is 12.1 Å². The number of halogens is 2. The van der Waals surface area contributed by atoms with E-state index in [0.717, 1.165) is 56.5 Å². The van der Waals surface area contributed by atoms with E-state index in [1.165, 1.54) is 31.0 Å². The zero-order valence-corrected chi connectivity index (χ0v) is 19.0. The Morgan fingerprint density at radius 2 is 1.69 bits per heavy atom. The molecule has 2 aromatic rings. The fourth-order valence-corrected chi connectivity index (χ4v) is 4.66. The first-order valence-electron chi connectivity index (χ1n) is 11.4. The molecule has 1 saturated carbocycles. The van der Waals surface area contributed by atoms with Crippen molar-refractivity contribution >= 4 is 17.7 Å². The molecular formula is C24H31F2N5O. The zero-order chi connectivity index (χ0) is 22.8. The third-order valence-corrected chi connectivity index (χ3v) is 6.50. The highest BCUT2D eigenvalue weighted by molar-refractivity contribution is 5.94. The van der Waals surface area contributed by atoms with Crippen LogP contribution < -0.4 is 15.5 Å². The minimum atomic E-state index is -1.08. The number of carbonyl (C=O) groups excluding carboxylic acids is 1. The van der Waals surface area contributed by atoms with E-state index in [9.17, 15) is 13.6 Å². The number of nitrogens with zero attached hydrogens (tertiary/aromatic N) is 3. The molecular weight excluding hydrogens is 412 g/mol. The molecule has 0 saturated heterocycles. The van der Waals surface area contributed by atoms with Gasteiger partial charge in [0.1, 0.15) is 5.82 Å². The second-order valence-electron chi connectivity index (χ2n) is 9.12. The van der Waals surface area contributed by atoms with Gasteiger partial charge in [0.15, 0.2) is 11.6 Å². The molecule has 0 spiro atoms. The van der Waals surface area contributed by atoms with E-state index in [1.807, 2.05) is 14.1 Å². The normalized spacial score (nSPS) is 20.4. The van der Waals surface area contributed by atoms with Gasteiger partial charge in [0.25, 0.3) is 5.91 Å². The lowest BCUT2D eigenvalue weighted by Crippen LogP contribution is -2.40. The van der Waals surface area contributed by atoms with Gasteiger partial charge in [0, 0.05) is 31.7 Å². The Bertz CT molecular complexity index is 1000. The molecule has 2 N–H and O–H groups in total. The Kier molecular flexibility index (Phi) is 6.58. The molecule has 6 nitrogen and oxygen atoms in total. The molecule has 172 valence electrons. The second-order valence-corrected chi connectivity index (χ2v) is 9.12. The molecule has 32 heavy (non-hydrogen) atoms. The fourth-order valence-electron chi connectivity index (χ4n) is 4.66. The third kappa shape index (κ3) is 4.69. The Balaban J connectivity index is 1.36. The molecule has 8 heteroatoms. The van der Waals surface area contributed by atoms with Gasteiger partial charge < -0.3 is 15.5 Å². The summed E-state index contributed by atoms with van der Waals surface area (Å²) < 4.78 is 27.9. The van der Waals surface area contributed by atoms with Gasteiger partial charge in [-0.3, -0.25) is 4.79 Å². The second kappa shape index (κ2) is 9.38. The summed E-state index contributed by atoms with van der Waals surface area (Å²) >= 11 is 0. The van der Waals surface area contributed by atoms with Crippen LogP contribution in [0.4, 0.5) is 20.5 Å². The first-order chi connectivity index (χ1) is 15.3. The van der Waals surface area contributed by atoms with Crippen molar-refractivity contribution in [3.8, 4) is 0 Å². The number of anilines is 2. The molecule has 0 bridgehead atoms. The number of nitrogens with one attached hydrogen (secondary N) is 2. The minimum Gasteiger partial charge on any atom is -0.362 e.